The molecule has 5 heteroatoms. The molecule has 0 saturated heterocycles. The average molecular weight is 218 g/mol. The minimum absolute atomic E-state index is 0.599. The van der Waals surface area contributed by atoms with Gasteiger partial charge in [0.2, 0.25) is 0 Å². The Bertz CT molecular complexity index is 467. The van der Waals surface area contributed by atoms with Crippen molar-refractivity contribution in [2.75, 3.05) is 5.32 Å². The molecule has 0 aliphatic heterocycles. The molecule has 2 aromatic rings. The fourth-order valence-electron chi connectivity index (χ4n) is 1.32. The lowest BCUT2D eigenvalue weighted by atomic mass is 10.3. The van der Waals surface area contributed by atoms with Gasteiger partial charge in [-0.25, -0.2) is 4.98 Å². The van der Waals surface area contributed by atoms with Gasteiger partial charge in [-0.05, 0) is 18.6 Å². The van der Waals surface area contributed by atoms with E-state index < -0.39 is 0 Å². The van der Waals surface area contributed by atoms with Crippen molar-refractivity contribution in [3.8, 4) is 0 Å². The lowest BCUT2D eigenvalue weighted by molar-refractivity contribution is 0.501. The minimum atomic E-state index is 0.599. The average Bonchev–Trinajstić information content (AvgIpc) is 2.74. The molecule has 0 radical (unpaired) electrons. The second-order valence-electron chi connectivity index (χ2n) is 3.56. The molecule has 16 heavy (non-hydrogen) atoms. The second-order valence-corrected chi connectivity index (χ2v) is 3.56. The summed E-state index contributed by atoms with van der Waals surface area (Å²) in [7, 11) is 0. The van der Waals surface area contributed by atoms with Gasteiger partial charge in [-0.2, -0.15) is 5.10 Å². The van der Waals surface area contributed by atoms with Gasteiger partial charge in [-0.3, -0.25) is 0 Å². The third-order valence-corrected chi connectivity index (χ3v) is 2.14. The van der Waals surface area contributed by atoms with Crippen LogP contribution in [0.1, 0.15) is 24.1 Å². The first-order valence-corrected chi connectivity index (χ1v) is 5.24. The molecule has 2 aromatic heterocycles. The van der Waals surface area contributed by atoms with Crippen molar-refractivity contribution in [3.63, 3.8) is 0 Å². The van der Waals surface area contributed by atoms with Crippen LogP contribution in [0.4, 0.5) is 5.82 Å². The van der Waals surface area contributed by atoms with Crippen LogP contribution in [0.15, 0.2) is 22.9 Å². The van der Waals surface area contributed by atoms with E-state index in [4.69, 9.17) is 4.42 Å². The lowest BCUT2D eigenvalue weighted by Crippen LogP contribution is -2.02. The van der Waals surface area contributed by atoms with Crippen LogP contribution < -0.4 is 5.32 Å². The number of hydrogen-bond acceptors (Lipinski definition) is 5. The Labute approximate surface area is 93.9 Å². The Hall–Kier alpha value is -1.91. The number of rotatable bonds is 4. The molecule has 0 aliphatic carbocycles. The van der Waals surface area contributed by atoms with Crippen molar-refractivity contribution < 1.29 is 4.42 Å². The fraction of sp³-hybridized carbons (Fsp3) is 0.364. The third kappa shape index (κ3) is 2.56. The van der Waals surface area contributed by atoms with Gasteiger partial charge in [0.1, 0.15) is 12.1 Å². The highest BCUT2D eigenvalue weighted by Crippen LogP contribution is 2.07. The Morgan fingerprint density at radius 3 is 3.00 bits per heavy atom. The fourth-order valence-corrected chi connectivity index (χ4v) is 1.32. The van der Waals surface area contributed by atoms with Crippen LogP contribution >= 0.6 is 0 Å². The van der Waals surface area contributed by atoms with Crippen molar-refractivity contribution in [2.45, 2.75) is 26.8 Å². The highest BCUT2D eigenvalue weighted by Gasteiger charge is 2.02. The van der Waals surface area contributed by atoms with Gasteiger partial charge in [0.25, 0.3) is 0 Å². The van der Waals surface area contributed by atoms with E-state index in [2.05, 4.69) is 20.5 Å². The van der Waals surface area contributed by atoms with E-state index in [-0.39, 0.29) is 0 Å². The maximum atomic E-state index is 5.24. The summed E-state index contributed by atoms with van der Waals surface area (Å²) < 4.78 is 5.24. The summed E-state index contributed by atoms with van der Waals surface area (Å²) in [6.07, 6.45) is 4.19. The van der Waals surface area contributed by atoms with E-state index in [1.165, 1.54) is 0 Å². The Morgan fingerprint density at radius 1 is 1.44 bits per heavy atom. The molecule has 5 nitrogen and oxygen atoms in total. The zero-order valence-corrected chi connectivity index (χ0v) is 9.40. The SMILES string of the molecule is CCc1nc(CNc2cc(C)cnn2)co1. The van der Waals surface area contributed by atoms with Crippen LogP contribution in [0.3, 0.4) is 0 Å². The molecule has 0 aliphatic rings. The summed E-state index contributed by atoms with van der Waals surface area (Å²) >= 11 is 0. The number of aryl methyl sites for hydroxylation is 2. The Balaban J connectivity index is 1.96. The summed E-state index contributed by atoms with van der Waals surface area (Å²) in [6, 6.07) is 1.94. The van der Waals surface area contributed by atoms with Crippen LogP contribution in [-0.2, 0) is 13.0 Å². The molecule has 0 amide bonds. The van der Waals surface area contributed by atoms with Gasteiger partial charge in [-0.15, -0.1) is 5.10 Å². The second kappa shape index (κ2) is 4.74. The summed E-state index contributed by atoms with van der Waals surface area (Å²) in [4.78, 5) is 4.29. The molecule has 0 fully saturated rings. The van der Waals surface area contributed by atoms with E-state index in [0.29, 0.717) is 6.54 Å². The number of oxazole rings is 1. The summed E-state index contributed by atoms with van der Waals surface area (Å²) in [5.74, 6) is 1.51. The number of aromatic nitrogens is 3. The molecular formula is C11H14N4O. The third-order valence-electron chi connectivity index (χ3n) is 2.14. The van der Waals surface area contributed by atoms with E-state index in [9.17, 15) is 0 Å². The van der Waals surface area contributed by atoms with Gasteiger partial charge in [0.05, 0.1) is 18.4 Å². The first kappa shape index (κ1) is 10.6. The van der Waals surface area contributed by atoms with Gasteiger partial charge in [0.15, 0.2) is 5.89 Å². The molecule has 0 spiro atoms. The van der Waals surface area contributed by atoms with Gasteiger partial charge >= 0.3 is 0 Å². The van der Waals surface area contributed by atoms with Crippen LogP contribution in [0.25, 0.3) is 0 Å². The monoisotopic (exact) mass is 218 g/mol. The molecule has 0 saturated carbocycles. The van der Waals surface area contributed by atoms with E-state index >= 15 is 0 Å². The predicted molar refractivity (Wildman–Crippen MR) is 60.0 cm³/mol. The van der Waals surface area contributed by atoms with Crippen LogP contribution in [0.5, 0.6) is 0 Å². The van der Waals surface area contributed by atoms with Crippen molar-refractivity contribution >= 4 is 5.82 Å². The molecule has 0 unspecified atom stereocenters. The normalized spacial score (nSPS) is 10.4. The molecular weight excluding hydrogens is 204 g/mol. The van der Waals surface area contributed by atoms with Crippen LogP contribution in [0, 0.1) is 6.92 Å². The lowest BCUT2D eigenvalue weighted by Gasteiger charge is -2.01. The topological polar surface area (TPSA) is 63.8 Å². The van der Waals surface area contributed by atoms with E-state index in [1.807, 2.05) is 19.9 Å². The maximum Gasteiger partial charge on any atom is 0.193 e. The molecule has 2 rings (SSSR count). The zero-order chi connectivity index (χ0) is 11.4. The molecule has 0 aromatic carbocycles. The quantitative estimate of drug-likeness (QED) is 0.849. The van der Waals surface area contributed by atoms with Crippen LogP contribution in [-0.4, -0.2) is 15.2 Å². The number of anilines is 1. The highest BCUT2D eigenvalue weighted by molar-refractivity contribution is 5.35. The first-order valence-electron chi connectivity index (χ1n) is 5.24. The molecule has 1 N–H and O–H groups in total. The maximum absolute atomic E-state index is 5.24. The summed E-state index contributed by atoms with van der Waals surface area (Å²) in [5, 5.41) is 11.0. The van der Waals surface area contributed by atoms with Crippen molar-refractivity contribution in [3.05, 3.63) is 35.7 Å². The number of nitrogens with one attached hydrogen (secondary N) is 1. The smallest absolute Gasteiger partial charge is 0.193 e. The Morgan fingerprint density at radius 2 is 2.31 bits per heavy atom. The molecule has 2 heterocycles. The van der Waals surface area contributed by atoms with Crippen LogP contribution in [0.2, 0.25) is 0 Å². The highest BCUT2D eigenvalue weighted by atomic mass is 16.3. The zero-order valence-electron chi connectivity index (χ0n) is 9.40. The Kier molecular flexibility index (Phi) is 3.14. The number of nitrogens with zero attached hydrogens (tertiary/aromatic N) is 3. The predicted octanol–water partition coefficient (Wildman–Crippen LogP) is 1.95. The van der Waals surface area contributed by atoms with Crippen molar-refractivity contribution in [1.29, 1.82) is 0 Å². The van der Waals surface area contributed by atoms with Crippen molar-refractivity contribution in [2.24, 2.45) is 0 Å². The molecule has 0 bridgehead atoms. The molecule has 84 valence electrons. The van der Waals surface area contributed by atoms with Crippen molar-refractivity contribution in [1.82, 2.24) is 15.2 Å². The first-order chi connectivity index (χ1) is 7.78. The molecule has 0 atom stereocenters. The number of hydrogen-bond donors (Lipinski definition) is 1. The van der Waals surface area contributed by atoms with Gasteiger partial charge in [-0.1, -0.05) is 6.92 Å². The van der Waals surface area contributed by atoms with Gasteiger partial charge < -0.3 is 9.73 Å². The largest absolute Gasteiger partial charge is 0.449 e. The summed E-state index contributed by atoms with van der Waals surface area (Å²) in [6.45, 7) is 4.59. The van der Waals surface area contributed by atoms with Gasteiger partial charge in [0, 0.05) is 6.42 Å². The van der Waals surface area contributed by atoms with E-state index in [0.717, 1.165) is 29.4 Å². The van der Waals surface area contributed by atoms with E-state index in [1.54, 1.807) is 12.5 Å². The standard InChI is InChI=1S/C11H14N4O/c1-3-11-14-9(7-16-11)6-12-10-4-8(2)5-13-15-10/h4-5,7H,3,6H2,1-2H3,(H,12,15). The minimum Gasteiger partial charge on any atom is -0.449 e. The summed E-state index contributed by atoms with van der Waals surface area (Å²) in [5.41, 5.74) is 1.95.